The standard InChI is InChI=1S/C36H42N4O7S.C35H40N4O7S.C27H34N2O6/c1-21-22(2)32(23(3)28-19-36(4,5)47-31(21)28)48(44,45)39-34(40(6)7)37-18-12-17-30(33(41)42)38-35(43)46-20-29-26-15-10-8-13-24(26)25-14-9-11-16-27(25)29;1-20-21(2)31(22(3)27-18-35(4,5)46-30(20)27)47(43,44)39-33(36-6)37-17-11-16-29(32(40)41)38-34(42)45-19-28-25-14-9-7-12-23(25)24-13-8-10-15-26(24)28;1-27(2,3)35-26(33)29(4)16-10-9-15-23(24(30)31)28-25(32)34-17-22-20-13-7-5-11-18(20)19-12-6-8-14-21(19)22/h8-11,13-16,29-30H,6,12,17-20H2,1-5,7H3,(H2-,37,38,39,41,42,43);7-10,12-15,28-29H,6,11,16-19H2,1-5H3,(H,37,39)(H,38,42)(H,40,41);5-8,11-14,22-23H,9-10,15-17H2,1-4H3,(H,28,32)(H,30,31)/p+2/t30-;29-;23-/m000/s1. The number of unbranched alkanes of at least 4 members (excludes halogenated alkanes) is 1. The summed E-state index contributed by atoms with van der Waals surface area (Å²) in [6.45, 7) is 32.2. The van der Waals surface area contributed by atoms with Crippen LogP contribution in [0.2, 0.25) is 0 Å². The van der Waals surface area contributed by atoms with Gasteiger partial charge in [-0.15, -0.1) is 9.98 Å². The molecular formula is C98H118N10O20S2+2. The van der Waals surface area contributed by atoms with E-state index in [0.29, 0.717) is 54.5 Å². The van der Waals surface area contributed by atoms with E-state index in [1.165, 1.54) is 9.48 Å². The number of amides is 4. The van der Waals surface area contributed by atoms with Crippen molar-refractivity contribution in [3.63, 3.8) is 0 Å². The van der Waals surface area contributed by atoms with Gasteiger partial charge in [0.1, 0.15) is 89.1 Å². The van der Waals surface area contributed by atoms with Gasteiger partial charge in [-0.25, -0.2) is 38.1 Å². The Morgan fingerprint density at radius 2 is 0.800 bits per heavy atom. The number of hydrogen-bond acceptors (Lipinski definition) is 19. The van der Waals surface area contributed by atoms with E-state index in [9.17, 15) is 65.7 Å². The predicted octanol–water partition coefficient (Wildman–Crippen LogP) is 13.6. The van der Waals surface area contributed by atoms with Crippen molar-refractivity contribution < 1.29 is 104 Å². The fourth-order valence-corrected chi connectivity index (χ4v) is 20.4. The Hall–Kier alpha value is -13.0. The Bertz CT molecular complexity index is 5860. The van der Waals surface area contributed by atoms with Crippen LogP contribution in [-0.4, -0.2) is 198 Å². The van der Waals surface area contributed by atoms with Crippen molar-refractivity contribution >= 4 is 87.7 Å². The van der Waals surface area contributed by atoms with E-state index in [-0.39, 0.29) is 104 Å². The van der Waals surface area contributed by atoms with E-state index in [4.69, 9.17) is 28.4 Å². The molecule has 0 radical (unpaired) electrons. The van der Waals surface area contributed by atoms with Crippen LogP contribution in [0.25, 0.3) is 33.4 Å². The van der Waals surface area contributed by atoms with Gasteiger partial charge in [-0.05, 0) is 235 Å². The molecule has 5 aliphatic rings. The Balaban J connectivity index is 0.000000191. The van der Waals surface area contributed by atoms with Crippen LogP contribution >= 0.6 is 0 Å². The molecule has 9 N–H and O–H groups in total. The Morgan fingerprint density at radius 1 is 0.492 bits per heavy atom. The van der Waals surface area contributed by atoms with Gasteiger partial charge in [0.2, 0.25) is 0 Å². The number of nitrogens with one attached hydrogen (secondary N) is 6. The summed E-state index contributed by atoms with van der Waals surface area (Å²) in [5.74, 6) is -2.59. The molecule has 8 aromatic carbocycles. The van der Waals surface area contributed by atoms with Gasteiger partial charge in [0.15, 0.2) is 0 Å². The van der Waals surface area contributed by atoms with E-state index in [0.717, 1.165) is 101 Å². The summed E-state index contributed by atoms with van der Waals surface area (Å²) in [5.41, 5.74) is 17.2. The Kier molecular flexibility index (Phi) is 30.9. The van der Waals surface area contributed by atoms with Crippen LogP contribution in [0.15, 0.2) is 165 Å². The topological polar surface area (TPSA) is 409 Å². The lowest BCUT2D eigenvalue weighted by Gasteiger charge is -2.24. The molecule has 2 aliphatic heterocycles. The molecule has 130 heavy (non-hydrogen) atoms. The van der Waals surface area contributed by atoms with Crippen molar-refractivity contribution in [1.82, 2.24) is 30.3 Å². The summed E-state index contributed by atoms with van der Waals surface area (Å²) < 4.78 is 94.9. The average molecular weight is 1820 g/mol. The van der Waals surface area contributed by atoms with Gasteiger partial charge in [-0.2, -0.15) is 26.3 Å². The molecule has 0 spiro atoms. The molecule has 0 fully saturated rings. The Morgan fingerprint density at radius 3 is 1.11 bits per heavy atom. The highest BCUT2D eigenvalue weighted by Gasteiger charge is 2.42. The molecule has 0 bridgehead atoms. The minimum Gasteiger partial charge on any atom is -0.487 e. The molecule has 4 amide bonds. The van der Waals surface area contributed by atoms with E-state index in [1.807, 2.05) is 175 Å². The van der Waals surface area contributed by atoms with Crippen LogP contribution in [0, 0.1) is 41.5 Å². The highest BCUT2D eigenvalue weighted by Crippen LogP contribution is 2.50. The van der Waals surface area contributed by atoms with E-state index < -0.39 is 97.3 Å². The maximum Gasteiger partial charge on any atom is 0.410 e. The SMILES string of the molecule is C=[N+](C)C(=NCCC[C@H](NC(=O)OCC1c2ccccc2-c2ccccc21)C(=O)O)NS(=O)(=O)c1c(C)c(C)c2c(c1C)CC(C)(C)O2.C=[NH+]C(=NCCC[C@H](NC(=O)OCC1c2ccccc2-c2ccccc21)C(=O)O)NS(=O)(=O)c1c(C)c(C)c2c(c1C)CC(C)(C)O2.CN(CCCC[C@H](NC(=O)OCC1c2ccccc2-c2ccccc21)C(=O)O)C(=O)OC(C)(C)C. The van der Waals surface area contributed by atoms with Crippen LogP contribution in [-0.2, 0) is 66.2 Å². The summed E-state index contributed by atoms with van der Waals surface area (Å²) in [5, 5.41) is 36.4. The lowest BCUT2D eigenvalue weighted by Crippen LogP contribution is -2.76. The van der Waals surface area contributed by atoms with Crippen molar-refractivity contribution in [3.05, 3.63) is 223 Å². The molecule has 2 heterocycles. The fourth-order valence-electron chi connectivity index (χ4n) is 17.2. The average Bonchev–Trinajstić information content (AvgIpc) is 1.56. The number of rotatable bonds is 29. The molecule has 32 heteroatoms. The highest BCUT2D eigenvalue weighted by molar-refractivity contribution is 7.90. The lowest BCUT2D eigenvalue weighted by molar-refractivity contribution is -0.364. The number of hydrogen-bond donors (Lipinski definition) is 9. The normalized spacial score (nSPS) is 14.9. The van der Waals surface area contributed by atoms with E-state index in [1.54, 1.807) is 62.6 Å². The monoisotopic (exact) mass is 1820 g/mol. The van der Waals surface area contributed by atoms with Crippen LogP contribution in [0.4, 0.5) is 19.2 Å². The summed E-state index contributed by atoms with van der Waals surface area (Å²) in [6.07, 6.45) is 0.181. The lowest BCUT2D eigenvalue weighted by atomic mass is 9.94. The molecule has 0 saturated heterocycles. The number of nitrogens with zero attached hydrogens (tertiary/aromatic N) is 4. The maximum atomic E-state index is 13.7. The number of alkyl carbamates (subject to hydrolysis) is 3. The number of aliphatic carboxylic acids is 3. The third-order valence-corrected chi connectivity index (χ3v) is 26.9. The zero-order valence-electron chi connectivity index (χ0n) is 76.2. The van der Waals surface area contributed by atoms with Crippen LogP contribution in [0.3, 0.4) is 0 Å². The Labute approximate surface area is 759 Å². The number of aliphatic imine (C=N–C) groups is 2. The van der Waals surface area contributed by atoms with Crippen molar-refractivity contribution in [1.29, 1.82) is 0 Å². The molecular weight excluding hydrogens is 1700 g/mol. The summed E-state index contributed by atoms with van der Waals surface area (Å²) in [7, 11) is -4.92. The number of carboxylic acids is 3. The minimum atomic E-state index is -4.07. The van der Waals surface area contributed by atoms with Gasteiger partial charge < -0.3 is 64.6 Å². The van der Waals surface area contributed by atoms with Gasteiger partial charge in [-0.3, -0.25) is 4.99 Å². The van der Waals surface area contributed by atoms with Crippen LogP contribution < -0.4 is 39.9 Å². The highest BCUT2D eigenvalue weighted by atomic mass is 32.2. The molecule has 0 unspecified atom stereocenters. The van der Waals surface area contributed by atoms with Crippen molar-refractivity contribution in [2.45, 2.75) is 210 Å². The second kappa shape index (κ2) is 41.2. The summed E-state index contributed by atoms with van der Waals surface area (Å²) >= 11 is 0. The molecule has 0 aromatic heterocycles. The largest absolute Gasteiger partial charge is 0.487 e. The number of fused-ring (bicyclic) bond motifs is 11. The maximum absolute atomic E-state index is 13.7. The molecule has 690 valence electrons. The summed E-state index contributed by atoms with van der Waals surface area (Å²) in [6, 6.07) is 44.3. The number of carboxylic acid groups (broad SMARTS) is 3. The van der Waals surface area contributed by atoms with E-state index >= 15 is 0 Å². The second-order valence-corrected chi connectivity index (χ2v) is 38.6. The predicted molar refractivity (Wildman–Crippen MR) is 495 cm³/mol. The zero-order chi connectivity index (χ0) is 94.6. The molecule has 0 saturated carbocycles. The van der Waals surface area contributed by atoms with Gasteiger partial charge in [0.05, 0.1) is 7.05 Å². The van der Waals surface area contributed by atoms with Gasteiger partial charge in [-0.1, -0.05) is 146 Å². The first-order valence-corrected chi connectivity index (χ1v) is 46.2. The number of sulfonamides is 2. The number of carbonyl (C=O) groups excluding carboxylic acids is 4. The van der Waals surface area contributed by atoms with Crippen LogP contribution in [0.5, 0.6) is 11.5 Å². The molecule has 3 aliphatic carbocycles. The zero-order valence-corrected chi connectivity index (χ0v) is 77.9. The first kappa shape index (κ1) is 97.6. The fraction of sp³-hybridized carbons (Fsp3) is 0.398. The van der Waals surface area contributed by atoms with E-state index in [2.05, 4.69) is 65.9 Å². The first-order valence-electron chi connectivity index (χ1n) is 43.2. The molecule has 3 atom stereocenters. The minimum absolute atomic E-state index is 0.0000913. The quantitative estimate of drug-likeness (QED) is 0.00691. The van der Waals surface area contributed by atoms with Crippen molar-refractivity contribution in [3.8, 4) is 44.9 Å². The van der Waals surface area contributed by atoms with Crippen LogP contribution in [0.1, 0.15) is 189 Å². The second-order valence-electron chi connectivity index (χ2n) is 35.4. The molecule has 8 aromatic rings. The van der Waals surface area contributed by atoms with Gasteiger partial charge >= 0.3 is 74.2 Å². The molecule has 30 nitrogen and oxygen atoms in total. The third-order valence-electron chi connectivity index (χ3n) is 23.7. The van der Waals surface area contributed by atoms with Gasteiger partial charge in [0.25, 0.3) is 0 Å². The van der Waals surface area contributed by atoms with Gasteiger partial charge in [0, 0.05) is 68.7 Å². The summed E-state index contributed by atoms with van der Waals surface area (Å²) in [4.78, 5) is 98.4. The number of benzene rings is 8. The number of carbonyl (C=O) groups is 7. The van der Waals surface area contributed by atoms with Crippen molar-refractivity contribution in [2.24, 2.45) is 9.98 Å². The molecule has 13 rings (SSSR count). The number of ether oxygens (including phenoxy) is 6. The van der Waals surface area contributed by atoms with Crippen molar-refractivity contribution in [2.75, 3.05) is 53.6 Å². The third kappa shape index (κ3) is 23.2. The smallest absolute Gasteiger partial charge is 0.410 e. The first-order chi connectivity index (χ1) is 61.4. The number of guanidine groups is 2.